The standard InChI is InChI=1S/C22H28N4O/c1-17-13-14-26(24-17)20-11-9-19(10-12-20)22(27)23-16-21(25(2)3)15-18-7-5-4-6-8-18/h4-12,21H,13-16H2,1-3H3,(H,23,27). The average Bonchev–Trinajstić information content (AvgIpc) is 3.12. The van der Waals surface area contributed by atoms with Crippen molar-refractivity contribution in [3.05, 3.63) is 65.7 Å². The number of benzene rings is 2. The molecule has 2 aromatic carbocycles. The summed E-state index contributed by atoms with van der Waals surface area (Å²) in [6.45, 7) is 3.55. The minimum Gasteiger partial charge on any atom is -0.350 e. The van der Waals surface area contributed by atoms with E-state index in [-0.39, 0.29) is 11.9 Å². The molecule has 1 aliphatic heterocycles. The molecule has 5 heteroatoms. The van der Waals surface area contributed by atoms with Crippen molar-refractivity contribution in [3.63, 3.8) is 0 Å². The van der Waals surface area contributed by atoms with Gasteiger partial charge >= 0.3 is 0 Å². The SMILES string of the molecule is CC1=NN(c2ccc(C(=O)NCC(Cc3ccccc3)N(C)C)cc2)CC1. The number of rotatable bonds is 7. The second-order valence-electron chi connectivity index (χ2n) is 7.27. The third kappa shape index (κ3) is 5.17. The fourth-order valence-electron chi connectivity index (χ4n) is 3.18. The van der Waals surface area contributed by atoms with E-state index in [0.29, 0.717) is 12.1 Å². The minimum atomic E-state index is -0.0393. The predicted octanol–water partition coefficient (Wildman–Crippen LogP) is 3.18. The van der Waals surface area contributed by atoms with Crippen molar-refractivity contribution in [1.29, 1.82) is 0 Å². The molecule has 0 bridgehead atoms. The van der Waals surface area contributed by atoms with Crippen molar-refractivity contribution in [2.24, 2.45) is 5.10 Å². The van der Waals surface area contributed by atoms with E-state index in [9.17, 15) is 4.79 Å². The van der Waals surface area contributed by atoms with Gasteiger partial charge in [-0.2, -0.15) is 5.10 Å². The summed E-state index contributed by atoms with van der Waals surface area (Å²) in [7, 11) is 4.10. The minimum absolute atomic E-state index is 0.0393. The molecule has 0 aromatic heterocycles. The van der Waals surface area contributed by atoms with Gasteiger partial charge in [0.1, 0.15) is 0 Å². The number of anilines is 1. The fourth-order valence-corrected chi connectivity index (χ4v) is 3.18. The van der Waals surface area contributed by atoms with Gasteiger partial charge in [0.05, 0.1) is 5.69 Å². The molecule has 3 rings (SSSR count). The topological polar surface area (TPSA) is 47.9 Å². The first kappa shape index (κ1) is 19.1. The molecule has 2 aromatic rings. The van der Waals surface area contributed by atoms with E-state index >= 15 is 0 Å². The van der Waals surface area contributed by atoms with Crippen LogP contribution >= 0.6 is 0 Å². The summed E-state index contributed by atoms with van der Waals surface area (Å²) < 4.78 is 0. The van der Waals surface area contributed by atoms with Gasteiger partial charge in [-0.15, -0.1) is 0 Å². The number of likely N-dealkylation sites (N-methyl/N-ethyl adjacent to an activating group) is 1. The van der Waals surface area contributed by atoms with Gasteiger partial charge in [-0.05, 0) is 57.3 Å². The van der Waals surface area contributed by atoms with E-state index in [4.69, 9.17) is 0 Å². The summed E-state index contributed by atoms with van der Waals surface area (Å²) in [6.07, 6.45) is 1.90. The zero-order valence-corrected chi connectivity index (χ0v) is 16.4. The molecule has 0 radical (unpaired) electrons. The Morgan fingerprint density at radius 2 is 1.85 bits per heavy atom. The first-order valence-corrected chi connectivity index (χ1v) is 9.43. The van der Waals surface area contributed by atoms with E-state index in [1.54, 1.807) is 0 Å². The molecular formula is C22H28N4O. The third-order valence-electron chi connectivity index (χ3n) is 4.95. The van der Waals surface area contributed by atoms with Crippen molar-refractivity contribution in [2.75, 3.05) is 32.2 Å². The number of carbonyl (C=O) groups is 1. The molecule has 1 aliphatic rings. The molecule has 1 heterocycles. The van der Waals surface area contributed by atoms with Crippen LogP contribution in [0.4, 0.5) is 5.69 Å². The molecule has 1 N–H and O–H groups in total. The molecule has 27 heavy (non-hydrogen) atoms. The zero-order chi connectivity index (χ0) is 19.2. The van der Waals surface area contributed by atoms with E-state index in [1.165, 1.54) is 5.56 Å². The van der Waals surface area contributed by atoms with Gasteiger partial charge in [-0.3, -0.25) is 9.80 Å². The molecular weight excluding hydrogens is 336 g/mol. The van der Waals surface area contributed by atoms with Crippen LogP contribution < -0.4 is 10.3 Å². The van der Waals surface area contributed by atoms with Gasteiger partial charge in [0, 0.05) is 36.8 Å². The molecule has 1 atom stereocenters. The van der Waals surface area contributed by atoms with Crippen LogP contribution in [0.15, 0.2) is 59.7 Å². The Labute approximate surface area is 161 Å². The van der Waals surface area contributed by atoms with Crippen LogP contribution in [0.25, 0.3) is 0 Å². The Balaban J connectivity index is 1.57. The predicted molar refractivity (Wildman–Crippen MR) is 111 cm³/mol. The number of carbonyl (C=O) groups excluding carboxylic acids is 1. The van der Waals surface area contributed by atoms with Gasteiger partial charge < -0.3 is 10.2 Å². The van der Waals surface area contributed by atoms with Crippen LogP contribution in [0, 0.1) is 0 Å². The highest BCUT2D eigenvalue weighted by molar-refractivity contribution is 5.94. The van der Waals surface area contributed by atoms with Crippen LogP contribution in [0.3, 0.4) is 0 Å². The highest BCUT2D eigenvalue weighted by Gasteiger charge is 2.16. The van der Waals surface area contributed by atoms with E-state index in [2.05, 4.69) is 27.5 Å². The monoisotopic (exact) mass is 364 g/mol. The van der Waals surface area contributed by atoms with Crippen LogP contribution in [0.1, 0.15) is 29.3 Å². The molecule has 0 saturated heterocycles. The summed E-state index contributed by atoms with van der Waals surface area (Å²) in [4.78, 5) is 14.7. The van der Waals surface area contributed by atoms with Crippen LogP contribution in [-0.2, 0) is 6.42 Å². The molecule has 0 aliphatic carbocycles. The maximum absolute atomic E-state index is 12.5. The van der Waals surface area contributed by atoms with Crippen molar-refractivity contribution >= 4 is 17.3 Å². The van der Waals surface area contributed by atoms with Crippen molar-refractivity contribution in [3.8, 4) is 0 Å². The lowest BCUT2D eigenvalue weighted by molar-refractivity contribution is 0.0941. The van der Waals surface area contributed by atoms with Crippen LogP contribution in [0.5, 0.6) is 0 Å². The molecule has 0 fully saturated rings. The summed E-state index contributed by atoms with van der Waals surface area (Å²) in [5.74, 6) is -0.0393. The molecule has 0 saturated carbocycles. The Hall–Kier alpha value is -2.66. The summed E-state index contributed by atoms with van der Waals surface area (Å²) in [6, 6.07) is 18.3. The second-order valence-corrected chi connectivity index (χ2v) is 7.27. The lowest BCUT2D eigenvalue weighted by Gasteiger charge is -2.25. The number of amides is 1. The Kier molecular flexibility index (Phi) is 6.24. The summed E-state index contributed by atoms with van der Waals surface area (Å²) in [5, 5.41) is 9.56. The van der Waals surface area contributed by atoms with Gasteiger partial charge in [0.2, 0.25) is 0 Å². The lowest BCUT2D eigenvalue weighted by atomic mass is 10.0. The van der Waals surface area contributed by atoms with Crippen molar-refractivity contribution in [1.82, 2.24) is 10.2 Å². The summed E-state index contributed by atoms with van der Waals surface area (Å²) in [5.41, 5.74) is 4.12. The van der Waals surface area contributed by atoms with Crippen LogP contribution in [-0.4, -0.2) is 49.7 Å². The van der Waals surface area contributed by atoms with Gasteiger partial charge in [-0.1, -0.05) is 30.3 Å². The molecule has 142 valence electrons. The second kappa shape index (κ2) is 8.82. The average molecular weight is 364 g/mol. The van der Waals surface area contributed by atoms with E-state index in [1.807, 2.05) is 68.5 Å². The van der Waals surface area contributed by atoms with Gasteiger partial charge in [0.25, 0.3) is 5.91 Å². The first-order chi connectivity index (χ1) is 13.0. The smallest absolute Gasteiger partial charge is 0.251 e. The van der Waals surface area contributed by atoms with Crippen LogP contribution in [0.2, 0.25) is 0 Å². The number of nitrogens with one attached hydrogen (secondary N) is 1. The highest BCUT2D eigenvalue weighted by Crippen LogP contribution is 2.19. The molecule has 0 spiro atoms. The third-order valence-corrected chi connectivity index (χ3v) is 4.95. The largest absolute Gasteiger partial charge is 0.350 e. The van der Waals surface area contributed by atoms with Crippen molar-refractivity contribution < 1.29 is 4.79 Å². The molecule has 5 nitrogen and oxygen atoms in total. The summed E-state index contributed by atoms with van der Waals surface area (Å²) >= 11 is 0. The Bertz CT molecular complexity index is 784. The molecule has 1 unspecified atom stereocenters. The highest BCUT2D eigenvalue weighted by atomic mass is 16.1. The molecule has 1 amide bonds. The number of hydrazone groups is 1. The maximum atomic E-state index is 12.5. The number of hydrogen-bond acceptors (Lipinski definition) is 4. The van der Waals surface area contributed by atoms with E-state index < -0.39 is 0 Å². The first-order valence-electron chi connectivity index (χ1n) is 9.43. The number of hydrogen-bond donors (Lipinski definition) is 1. The Morgan fingerprint density at radius 1 is 1.15 bits per heavy atom. The lowest BCUT2D eigenvalue weighted by Crippen LogP contribution is -2.41. The number of nitrogens with zero attached hydrogens (tertiary/aromatic N) is 3. The van der Waals surface area contributed by atoms with Crippen molar-refractivity contribution in [2.45, 2.75) is 25.8 Å². The normalized spacial score (nSPS) is 15.0. The van der Waals surface area contributed by atoms with Gasteiger partial charge in [-0.25, -0.2) is 0 Å². The fraction of sp³-hybridized carbons (Fsp3) is 0.364. The quantitative estimate of drug-likeness (QED) is 0.821. The maximum Gasteiger partial charge on any atom is 0.251 e. The van der Waals surface area contributed by atoms with E-state index in [0.717, 1.165) is 30.8 Å². The zero-order valence-electron chi connectivity index (χ0n) is 16.4. The Morgan fingerprint density at radius 3 is 2.44 bits per heavy atom. The van der Waals surface area contributed by atoms with Gasteiger partial charge in [0.15, 0.2) is 0 Å².